The third kappa shape index (κ3) is 3.39. The van der Waals surface area contributed by atoms with Gasteiger partial charge in [0.15, 0.2) is 11.0 Å². The third-order valence-corrected chi connectivity index (χ3v) is 4.27. The van der Waals surface area contributed by atoms with Crippen molar-refractivity contribution in [1.29, 1.82) is 0 Å². The van der Waals surface area contributed by atoms with Crippen LogP contribution in [0.15, 0.2) is 24.3 Å². The van der Waals surface area contributed by atoms with Gasteiger partial charge < -0.3 is 10.2 Å². The number of carbonyl (C=O) groups is 1. The molecule has 1 atom stereocenters. The maximum Gasteiger partial charge on any atom is 0.225 e. The summed E-state index contributed by atoms with van der Waals surface area (Å²) in [6.07, 6.45) is 0.882. The van der Waals surface area contributed by atoms with Crippen LogP contribution in [0.2, 0.25) is 5.15 Å². The van der Waals surface area contributed by atoms with Crippen molar-refractivity contribution in [3.8, 4) is 0 Å². The van der Waals surface area contributed by atoms with Gasteiger partial charge in [-0.2, -0.15) is 0 Å². The van der Waals surface area contributed by atoms with Crippen LogP contribution in [0.25, 0.3) is 11.0 Å². The monoisotopic (exact) mass is 332 g/mol. The molecule has 122 valence electrons. The number of amides is 1. The summed E-state index contributed by atoms with van der Waals surface area (Å²) >= 11 is 6.31. The van der Waals surface area contributed by atoms with Gasteiger partial charge >= 0.3 is 0 Å². The molecule has 1 amide bonds. The van der Waals surface area contributed by atoms with E-state index in [1.807, 2.05) is 45.0 Å². The average Bonchev–Trinajstić information content (AvgIpc) is 2.93. The molecule has 1 aromatic carbocycles. The fraction of sp³-hybridized carbons (Fsp3) is 0.471. The molecular formula is C17H21ClN4O. The molecule has 0 aliphatic carbocycles. The molecule has 1 aliphatic rings. The minimum absolute atomic E-state index is 0.0695. The number of aromatic nitrogens is 2. The number of halogens is 1. The van der Waals surface area contributed by atoms with Crippen LogP contribution in [0.4, 0.5) is 5.82 Å². The van der Waals surface area contributed by atoms with Gasteiger partial charge in [-0.05, 0) is 18.6 Å². The lowest BCUT2D eigenvalue weighted by molar-refractivity contribution is -0.129. The van der Waals surface area contributed by atoms with E-state index < -0.39 is 0 Å². The summed E-state index contributed by atoms with van der Waals surface area (Å²) in [6.45, 7) is 7.26. The van der Waals surface area contributed by atoms with Crippen molar-refractivity contribution < 1.29 is 4.79 Å². The number of hydrogen-bond donors (Lipinski definition) is 1. The normalized spacial score (nSPS) is 18.4. The molecule has 0 bridgehead atoms. The van der Waals surface area contributed by atoms with E-state index in [0.29, 0.717) is 17.5 Å². The molecular weight excluding hydrogens is 312 g/mol. The first-order valence-electron chi connectivity index (χ1n) is 7.83. The molecule has 0 radical (unpaired) electrons. The molecule has 5 nitrogen and oxygen atoms in total. The zero-order valence-corrected chi connectivity index (χ0v) is 14.4. The van der Waals surface area contributed by atoms with Gasteiger partial charge in [0.2, 0.25) is 5.91 Å². The summed E-state index contributed by atoms with van der Waals surface area (Å²) in [5.74, 6) is 0.762. The van der Waals surface area contributed by atoms with Crippen molar-refractivity contribution in [2.24, 2.45) is 5.41 Å². The van der Waals surface area contributed by atoms with Gasteiger partial charge in [-0.15, -0.1) is 0 Å². The highest BCUT2D eigenvalue weighted by Crippen LogP contribution is 2.27. The van der Waals surface area contributed by atoms with Crippen molar-refractivity contribution in [2.75, 3.05) is 18.0 Å². The summed E-state index contributed by atoms with van der Waals surface area (Å²) in [6, 6.07) is 7.79. The number of nitrogens with one attached hydrogen (secondary N) is 1. The van der Waals surface area contributed by atoms with Crippen molar-refractivity contribution in [2.45, 2.75) is 33.2 Å². The Balaban J connectivity index is 1.76. The molecule has 1 fully saturated rings. The Morgan fingerprint density at radius 3 is 2.57 bits per heavy atom. The van der Waals surface area contributed by atoms with Crippen LogP contribution in [-0.4, -0.2) is 35.0 Å². The number of para-hydroxylation sites is 2. The van der Waals surface area contributed by atoms with Crippen LogP contribution in [0.3, 0.4) is 0 Å². The van der Waals surface area contributed by atoms with Crippen LogP contribution in [0.1, 0.15) is 27.2 Å². The molecule has 3 rings (SSSR count). The topological polar surface area (TPSA) is 58.1 Å². The molecule has 1 unspecified atom stereocenters. The predicted octanol–water partition coefficient (Wildman–Crippen LogP) is 3.02. The van der Waals surface area contributed by atoms with E-state index in [9.17, 15) is 4.79 Å². The second kappa shape index (κ2) is 5.96. The van der Waals surface area contributed by atoms with Crippen LogP contribution in [-0.2, 0) is 4.79 Å². The van der Waals surface area contributed by atoms with Gasteiger partial charge in [0.05, 0.1) is 11.0 Å². The summed E-state index contributed by atoms with van der Waals surface area (Å²) in [7, 11) is 0. The fourth-order valence-corrected chi connectivity index (χ4v) is 2.90. The second-order valence-corrected chi connectivity index (χ2v) is 7.34. The minimum Gasteiger partial charge on any atom is -0.352 e. The Morgan fingerprint density at radius 1 is 1.26 bits per heavy atom. The number of benzene rings is 1. The molecule has 1 aromatic heterocycles. The molecule has 0 spiro atoms. The van der Waals surface area contributed by atoms with Gasteiger partial charge in [-0.25, -0.2) is 9.97 Å². The summed E-state index contributed by atoms with van der Waals surface area (Å²) in [5.41, 5.74) is 1.24. The van der Waals surface area contributed by atoms with Crippen LogP contribution in [0, 0.1) is 5.41 Å². The van der Waals surface area contributed by atoms with E-state index in [0.717, 1.165) is 24.0 Å². The fourth-order valence-electron chi connectivity index (χ4n) is 2.64. The van der Waals surface area contributed by atoms with Crippen LogP contribution >= 0.6 is 11.6 Å². The largest absolute Gasteiger partial charge is 0.352 e. The first-order chi connectivity index (χ1) is 10.8. The second-order valence-electron chi connectivity index (χ2n) is 6.98. The van der Waals surface area contributed by atoms with Gasteiger partial charge in [0.1, 0.15) is 0 Å². The molecule has 23 heavy (non-hydrogen) atoms. The van der Waals surface area contributed by atoms with E-state index in [4.69, 9.17) is 11.6 Å². The highest BCUT2D eigenvalue weighted by atomic mass is 35.5. The van der Waals surface area contributed by atoms with Crippen LogP contribution in [0.5, 0.6) is 0 Å². The molecule has 1 N–H and O–H groups in total. The minimum atomic E-state index is -0.381. The van der Waals surface area contributed by atoms with Crippen LogP contribution < -0.4 is 10.2 Å². The summed E-state index contributed by atoms with van der Waals surface area (Å²) in [5, 5.41) is 3.51. The highest BCUT2D eigenvalue weighted by molar-refractivity contribution is 6.32. The maximum absolute atomic E-state index is 12.1. The lowest BCUT2D eigenvalue weighted by atomic mass is 9.95. The number of rotatable bonds is 2. The SMILES string of the molecule is CC(C)(C)C(=O)NC1CCN(c2nc3ccccc3nc2Cl)C1. The lowest BCUT2D eigenvalue weighted by Crippen LogP contribution is -2.43. The summed E-state index contributed by atoms with van der Waals surface area (Å²) in [4.78, 5) is 23.3. The van der Waals surface area contributed by atoms with Gasteiger partial charge in [0.25, 0.3) is 0 Å². The zero-order chi connectivity index (χ0) is 16.6. The number of carbonyl (C=O) groups excluding carboxylic acids is 1. The Kier molecular flexibility index (Phi) is 4.15. The van der Waals surface area contributed by atoms with E-state index in [1.54, 1.807) is 0 Å². The Labute approximate surface area is 141 Å². The summed E-state index contributed by atoms with van der Waals surface area (Å²) < 4.78 is 0. The smallest absolute Gasteiger partial charge is 0.225 e. The molecule has 0 saturated carbocycles. The molecule has 1 aliphatic heterocycles. The van der Waals surface area contributed by atoms with Gasteiger partial charge in [-0.1, -0.05) is 44.5 Å². The van der Waals surface area contributed by atoms with E-state index in [2.05, 4.69) is 20.2 Å². The van der Waals surface area contributed by atoms with Crippen molar-refractivity contribution in [3.63, 3.8) is 0 Å². The van der Waals surface area contributed by atoms with Crippen molar-refractivity contribution in [3.05, 3.63) is 29.4 Å². The van der Waals surface area contributed by atoms with E-state index in [-0.39, 0.29) is 17.4 Å². The number of anilines is 1. The lowest BCUT2D eigenvalue weighted by Gasteiger charge is -2.22. The van der Waals surface area contributed by atoms with Crippen molar-refractivity contribution >= 4 is 34.4 Å². The molecule has 6 heteroatoms. The highest BCUT2D eigenvalue weighted by Gasteiger charge is 2.30. The Morgan fingerprint density at radius 2 is 1.91 bits per heavy atom. The quantitative estimate of drug-likeness (QED) is 0.918. The first kappa shape index (κ1) is 16.0. The van der Waals surface area contributed by atoms with Crippen molar-refractivity contribution in [1.82, 2.24) is 15.3 Å². The zero-order valence-electron chi connectivity index (χ0n) is 13.6. The standard InChI is InChI=1S/C17H21ClN4O/c1-17(2,3)16(23)19-11-8-9-22(10-11)15-14(18)20-12-6-4-5-7-13(12)21-15/h4-7,11H,8-10H2,1-3H3,(H,19,23). The Bertz CT molecular complexity index is 741. The first-order valence-corrected chi connectivity index (χ1v) is 8.20. The molecule has 2 heterocycles. The van der Waals surface area contributed by atoms with Gasteiger partial charge in [0, 0.05) is 24.5 Å². The van der Waals surface area contributed by atoms with E-state index >= 15 is 0 Å². The molecule has 2 aromatic rings. The maximum atomic E-state index is 12.1. The predicted molar refractivity (Wildman–Crippen MR) is 92.8 cm³/mol. The Hall–Kier alpha value is -1.88. The number of nitrogens with zero attached hydrogens (tertiary/aromatic N) is 3. The average molecular weight is 333 g/mol. The number of hydrogen-bond acceptors (Lipinski definition) is 4. The molecule has 1 saturated heterocycles. The number of fused-ring (bicyclic) bond motifs is 1. The third-order valence-electron chi connectivity index (χ3n) is 4.02. The van der Waals surface area contributed by atoms with Gasteiger partial charge in [-0.3, -0.25) is 4.79 Å². The van der Waals surface area contributed by atoms with E-state index in [1.165, 1.54) is 0 Å².